The molecule has 0 aromatic heterocycles. The molecule has 5 rings (SSSR count). The molecule has 2 aliphatic carbocycles. The Kier molecular flexibility index (Phi) is 4.31. The zero-order valence-corrected chi connectivity index (χ0v) is 15.6. The number of nitrogens with zero attached hydrogens (tertiary/aromatic N) is 2. The van der Waals surface area contributed by atoms with E-state index >= 15 is 0 Å². The normalized spacial score (nSPS) is 38.2. The SMILES string of the molecule is CN1CCN(C(=O)C23CCOC(C)(C2)C3)C(CNC(=O)CC2CC2)C1. The number of amides is 2. The van der Waals surface area contributed by atoms with Gasteiger partial charge in [-0.2, -0.15) is 0 Å². The molecule has 1 unspecified atom stereocenters. The minimum Gasteiger partial charge on any atom is -0.375 e. The second-order valence-electron chi connectivity index (χ2n) is 9.05. The third kappa shape index (κ3) is 3.43. The lowest BCUT2D eigenvalue weighted by Gasteiger charge is -2.59. The van der Waals surface area contributed by atoms with Gasteiger partial charge in [0.1, 0.15) is 0 Å². The molecule has 5 fully saturated rings. The number of nitrogens with one attached hydrogen (secondary N) is 1. The van der Waals surface area contributed by atoms with Gasteiger partial charge in [-0.15, -0.1) is 0 Å². The number of hydrogen-bond acceptors (Lipinski definition) is 4. The Hall–Kier alpha value is -1.14. The lowest BCUT2D eigenvalue weighted by molar-refractivity contribution is -0.223. The van der Waals surface area contributed by atoms with Crippen LogP contribution in [0, 0.1) is 11.3 Å². The van der Waals surface area contributed by atoms with Crippen LogP contribution < -0.4 is 5.32 Å². The maximum absolute atomic E-state index is 13.3. The minimum absolute atomic E-state index is 0.0819. The molecule has 0 radical (unpaired) electrons. The Labute approximate surface area is 150 Å². The van der Waals surface area contributed by atoms with E-state index in [4.69, 9.17) is 4.74 Å². The van der Waals surface area contributed by atoms with E-state index in [-0.39, 0.29) is 23.0 Å². The van der Waals surface area contributed by atoms with E-state index in [2.05, 4.69) is 29.1 Å². The van der Waals surface area contributed by atoms with Gasteiger partial charge >= 0.3 is 0 Å². The molecule has 2 saturated carbocycles. The van der Waals surface area contributed by atoms with E-state index in [1.807, 2.05) is 0 Å². The number of hydrogen-bond donors (Lipinski definition) is 1. The van der Waals surface area contributed by atoms with E-state index in [0.717, 1.165) is 38.9 Å². The van der Waals surface area contributed by atoms with E-state index in [1.54, 1.807) is 0 Å². The molecule has 1 N–H and O–H groups in total. The summed E-state index contributed by atoms with van der Waals surface area (Å²) >= 11 is 0. The van der Waals surface area contributed by atoms with Crippen LogP contribution in [0.4, 0.5) is 0 Å². The van der Waals surface area contributed by atoms with Crippen LogP contribution in [0.3, 0.4) is 0 Å². The lowest BCUT2D eigenvalue weighted by Crippen LogP contribution is -2.67. The number of rotatable bonds is 5. The fourth-order valence-corrected chi connectivity index (χ4v) is 5.06. The molecule has 3 saturated heterocycles. The molecule has 2 amide bonds. The van der Waals surface area contributed by atoms with Crippen molar-refractivity contribution in [2.45, 2.75) is 57.1 Å². The highest BCUT2D eigenvalue weighted by molar-refractivity contribution is 5.85. The molecular weight excluding hydrogens is 318 g/mol. The Morgan fingerprint density at radius 1 is 1.24 bits per heavy atom. The van der Waals surface area contributed by atoms with Crippen molar-refractivity contribution in [1.29, 1.82) is 0 Å². The van der Waals surface area contributed by atoms with Crippen LogP contribution in [0.25, 0.3) is 0 Å². The van der Waals surface area contributed by atoms with Gasteiger partial charge in [-0.05, 0) is 52.0 Å². The zero-order chi connectivity index (χ0) is 17.7. The third-order valence-corrected chi connectivity index (χ3v) is 6.56. The number of fused-ring (bicyclic) bond motifs is 2. The fraction of sp³-hybridized carbons (Fsp3) is 0.895. The van der Waals surface area contributed by atoms with Crippen molar-refractivity contribution in [2.24, 2.45) is 11.3 Å². The van der Waals surface area contributed by atoms with E-state index in [9.17, 15) is 9.59 Å². The minimum atomic E-state index is -0.209. The van der Waals surface area contributed by atoms with Crippen molar-refractivity contribution < 1.29 is 14.3 Å². The predicted octanol–water partition coefficient (Wildman–Crippen LogP) is 1.00. The molecule has 140 valence electrons. The number of carbonyl (C=O) groups is 2. The van der Waals surface area contributed by atoms with Gasteiger partial charge in [-0.3, -0.25) is 9.59 Å². The Balaban J connectivity index is 1.39. The summed E-state index contributed by atoms with van der Waals surface area (Å²) in [6.45, 7) is 5.89. The maximum Gasteiger partial charge on any atom is 0.229 e. The number of likely N-dealkylation sites (N-methyl/N-ethyl adjacent to an activating group) is 1. The Bertz CT molecular complexity index is 554. The average molecular weight is 349 g/mol. The van der Waals surface area contributed by atoms with Gasteiger partial charge in [0.15, 0.2) is 0 Å². The van der Waals surface area contributed by atoms with Gasteiger partial charge in [-0.25, -0.2) is 0 Å². The first-order chi connectivity index (χ1) is 11.9. The van der Waals surface area contributed by atoms with Crippen LogP contribution in [-0.4, -0.2) is 73.1 Å². The summed E-state index contributed by atoms with van der Waals surface area (Å²) in [5.74, 6) is 1.03. The number of piperazine rings is 1. The molecule has 6 nitrogen and oxygen atoms in total. The van der Waals surface area contributed by atoms with Crippen LogP contribution in [0.5, 0.6) is 0 Å². The highest BCUT2D eigenvalue weighted by Gasteiger charge is 2.61. The molecular formula is C19H31N3O3. The van der Waals surface area contributed by atoms with Crippen LogP contribution in [0.2, 0.25) is 0 Å². The molecule has 2 bridgehead atoms. The van der Waals surface area contributed by atoms with Crippen LogP contribution >= 0.6 is 0 Å². The molecule has 1 atom stereocenters. The molecule has 0 aromatic rings. The molecule has 0 spiro atoms. The Morgan fingerprint density at radius 3 is 2.68 bits per heavy atom. The smallest absolute Gasteiger partial charge is 0.229 e. The third-order valence-electron chi connectivity index (χ3n) is 6.56. The van der Waals surface area contributed by atoms with Crippen molar-refractivity contribution in [2.75, 3.05) is 39.8 Å². The fourth-order valence-electron chi connectivity index (χ4n) is 5.06. The van der Waals surface area contributed by atoms with Crippen molar-refractivity contribution in [3.05, 3.63) is 0 Å². The first-order valence-electron chi connectivity index (χ1n) is 9.79. The monoisotopic (exact) mass is 349 g/mol. The standard InChI is InChI=1S/C19H31N3O3/c1-18-12-19(13-18,5-8-25-18)17(24)22-7-6-21(2)11-15(22)10-20-16(23)9-14-3-4-14/h14-15H,3-13H2,1-2H3,(H,20,23). The first kappa shape index (κ1) is 17.3. The van der Waals surface area contributed by atoms with Gasteiger partial charge in [-0.1, -0.05) is 0 Å². The maximum atomic E-state index is 13.3. The molecule has 25 heavy (non-hydrogen) atoms. The van der Waals surface area contributed by atoms with Gasteiger partial charge < -0.3 is 19.9 Å². The van der Waals surface area contributed by atoms with Crippen molar-refractivity contribution in [1.82, 2.24) is 15.1 Å². The van der Waals surface area contributed by atoms with Crippen LogP contribution in [-0.2, 0) is 14.3 Å². The van der Waals surface area contributed by atoms with Crippen molar-refractivity contribution in [3.8, 4) is 0 Å². The largest absolute Gasteiger partial charge is 0.375 e. The molecule has 6 heteroatoms. The zero-order valence-electron chi connectivity index (χ0n) is 15.6. The highest BCUT2D eigenvalue weighted by Crippen LogP contribution is 2.57. The second-order valence-corrected chi connectivity index (χ2v) is 9.05. The van der Waals surface area contributed by atoms with E-state index in [0.29, 0.717) is 31.4 Å². The summed E-state index contributed by atoms with van der Waals surface area (Å²) in [7, 11) is 2.09. The molecule has 3 heterocycles. The van der Waals surface area contributed by atoms with Crippen molar-refractivity contribution in [3.63, 3.8) is 0 Å². The lowest BCUT2D eigenvalue weighted by atomic mass is 9.55. The quantitative estimate of drug-likeness (QED) is 0.805. The van der Waals surface area contributed by atoms with E-state index in [1.165, 1.54) is 12.8 Å². The average Bonchev–Trinajstić information content (AvgIpc) is 3.35. The first-order valence-corrected chi connectivity index (χ1v) is 9.79. The summed E-state index contributed by atoms with van der Waals surface area (Å²) in [6, 6.07) is 0.0819. The summed E-state index contributed by atoms with van der Waals surface area (Å²) in [4.78, 5) is 29.7. The van der Waals surface area contributed by atoms with Gasteiger partial charge in [0, 0.05) is 39.2 Å². The summed E-state index contributed by atoms with van der Waals surface area (Å²) in [5.41, 5.74) is -0.298. The van der Waals surface area contributed by atoms with Gasteiger partial charge in [0.25, 0.3) is 0 Å². The number of ether oxygens (including phenoxy) is 1. The topological polar surface area (TPSA) is 61.9 Å². The number of carbonyl (C=O) groups excluding carboxylic acids is 2. The molecule has 5 aliphatic rings. The van der Waals surface area contributed by atoms with Crippen LogP contribution in [0.15, 0.2) is 0 Å². The highest BCUT2D eigenvalue weighted by atomic mass is 16.5. The molecule has 0 aromatic carbocycles. The molecule has 3 aliphatic heterocycles. The summed E-state index contributed by atoms with van der Waals surface area (Å²) in [5, 5.41) is 3.08. The van der Waals surface area contributed by atoms with E-state index < -0.39 is 0 Å². The predicted molar refractivity (Wildman–Crippen MR) is 94.0 cm³/mol. The van der Waals surface area contributed by atoms with Crippen molar-refractivity contribution >= 4 is 11.8 Å². The summed E-state index contributed by atoms with van der Waals surface area (Å²) < 4.78 is 5.82. The van der Waals surface area contributed by atoms with Gasteiger partial charge in [0.2, 0.25) is 11.8 Å². The van der Waals surface area contributed by atoms with Crippen LogP contribution in [0.1, 0.15) is 45.4 Å². The van der Waals surface area contributed by atoms with Gasteiger partial charge in [0.05, 0.1) is 17.1 Å². The summed E-state index contributed by atoms with van der Waals surface area (Å²) in [6.07, 6.45) is 5.57. The second kappa shape index (κ2) is 6.23. The Morgan fingerprint density at radius 2 is 2.00 bits per heavy atom.